The summed E-state index contributed by atoms with van der Waals surface area (Å²) in [6.07, 6.45) is -0.216. The van der Waals surface area contributed by atoms with Gasteiger partial charge in [0.25, 0.3) is 0 Å². The Kier molecular flexibility index (Phi) is 6.65. The van der Waals surface area contributed by atoms with E-state index in [0.29, 0.717) is 31.9 Å². The van der Waals surface area contributed by atoms with Gasteiger partial charge >= 0.3 is 5.97 Å². The van der Waals surface area contributed by atoms with E-state index < -0.39 is 18.0 Å². The molecule has 0 aliphatic carbocycles. The summed E-state index contributed by atoms with van der Waals surface area (Å²) in [4.78, 5) is 34.6. The van der Waals surface area contributed by atoms with Crippen LogP contribution in [0.2, 0.25) is 0 Å². The van der Waals surface area contributed by atoms with Gasteiger partial charge < -0.3 is 20.5 Å². The van der Waals surface area contributed by atoms with Crippen LogP contribution in [0.15, 0.2) is 0 Å². The van der Waals surface area contributed by atoms with Crippen LogP contribution in [0.1, 0.15) is 12.8 Å². The lowest BCUT2D eigenvalue weighted by Crippen LogP contribution is -2.46. The van der Waals surface area contributed by atoms with Crippen molar-refractivity contribution in [3.05, 3.63) is 0 Å². The Morgan fingerprint density at radius 3 is 2.79 bits per heavy atom. The third-order valence-corrected chi connectivity index (χ3v) is 3.58. The molecule has 1 atom stereocenters. The molecular formula is C11H18N2O5S. The normalized spacial score (nSPS) is 19.2. The SMILES string of the molecule is NC(=O)CSCCC(=O)N1CCOC(CC(=O)O)C1. The third kappa shape index (κ3) is 6.44. The van der Waals surface area contributed by atoms with Gasteiger partial charge in [-0.05, 0) is 0 Å². The summed E-state index contributed by atoms with van der Waals surface area (Å²) in [7, 11) is 0. The van der Waals surface area contributed by atoms with Crippen molar-refractivity contribution < 1.29 is 24.2 Å². The zero-order valence-electron chi connectivity index (χ0n) is 10.5. The number of rotatable bonds is 7. The van der Waals surface area contributed by atoms with Gasteiger partial charge in [0.15, 0.2) is 0 Å². The average Bonchev–Trinajstić information content (AvgIpc) is 2.33. The number of morpholine rings is 1. The molecule has 1 heterocycles. The fourth-order valence-corrected chi connectivity index (χ4v) is 2.42. The van der Waals surface area contributed by atoms with Gasteiger partial charge in [0.2, 0.25) is 11.8 Å². The molecule has 2 amide bonds. The minimum atomic E-state index is -0.934. The summed E-state index contributed by atoms with van der Waals surface area (Å²) in [5.74, 6) is -0.641. The number of carbonyl (C=O) groups excluding carboxylic acids is 2. The highest BCUT2D eigenvalue weighted by atomic mass is 32.2. The molecule has 0 spiro atoms. The topological polar surface area (TPSA) is 110 Å². The van der Waals surface area contributed by atoms with Crippen molar-refractivity contribution in [3.63, 3.8) is 0 Å². The van der Waals surface area contributed by atoms with E-state index in [4.69, 9.17) is 15.6 Å². The largest absolute Gasteiger partial charge is 0.481 e. The molecule has 8 heteroatoms. The van der Waals surface area contributed by atoms with Gasteiger partial charge in [-0.15, -0.1) is 0 Å². The fourth-order valence-electron chi connectivity index (χ4n) is 1.75. The molecule has 0 aromatic heterocycles. The molecule has 1 aliphatic heterocycles. The zero-order chi connectivity index (χ0) is 14.3. The molecule has 1 fully saturated rings. The van der Waals surface area contributed by atoms with E-state index in [1.54, 1.807) is 4.90 Å². The maximum Gasteiger partial charge on any atom is 0.306 e. The highest BCUT2D eigenvalue weighted by molar-refractivity contribution is 7.99. The van der Waals surface area contributed by atoms with E-state index in [1.165, 1.54) is 11.8 Å². The number of carboxylic acids is 1. The Balaban J connectivity index is 2.27. The smallest absolute Gasteiger partial charge is 0.306 e. The standard InChI is InChI=1S/C11H18N2O5S/c12-9(14)7-19-4-1-10(15)13-2-3-18-8(6-13)5-11(16)17/h8H,1-7H2,(H2,12,14)(H,16,17). The molecule has 7 nitrogen and oxygen atoms in total. The quantitative estimate of drug-likeness (QED) is 0.600. The van der Waals surface area contributed by atoms with Gasteiger partial charge in [0.05, 0.1) is 24.9 Å². The number of amides is 2. The van der Waals surface area contributed by atoms with E-state index in [2.05, 4.69) is 0 Å². The average molecular weight is 290 g/mol. The molecule has 1 unspecified atom stereocenters. The van der Waals surface area contributed by atoms with Crippen LogP contribution in [0.5, 0.6) is 0 Å². The molecule has 0 radical (unpaired) electrons. The van der Waals surface area contributed by atoms with Crippen molar-refractivity contribution in [3.8, 4) is 0 Å². The van der Waals surface area contributed by atoms with Crippen molar-refractivity contribution in [2.45, 2.75) is 18.9 Å². The van der Waals surface area contributed by atoms with E-state index >= 15 is 0 Å². The number of nitrogens with two attached hydrogens (primary N) is 1. The van der Waals surface area contributed by atoms with Gasteiger partial charge in [-0.3, -0.25) is 14.4 Å². The number of nitrogens with zero attached hydrogens (tertiary/aromatic N) is 1. The van der Waals surface area contributed by atoms with Crippen LogP contribution in [0, 0.1) is 0 Å². The molecular weight excluding hydrogens is 272 g/mol. The summed E-state index contributed by atoms with van der Waals surface area (Å²) in [5.41, 5.74) is 4.99. The second kappa shape index (κ2) is 8.00. The first-order valence-electron chi connectivity index (χ1n) is 5.96. The van der Waals surface area contributed by atoms with Crippen molar-refractivity contribution in [2.75, 3.05) is 31.2 Å². The first-order chi connectivity index (χ1) is 8.99. The number of aliphatic carboxylic acids is 1. The Morgan fingerprint density at radius 2 is 2.16 bits per heavy atom. The van der Waals surface area contributed by atoms with Crippen LogP contribution in [0.3, 0.4) is 0 Å². The minimum Gasteiger partial charge on any atom is -0.481 e. The van der Waals surface area contributed by atoms with Crippen molar-refractivity contribution >= 4 is 29.5 Å². The van der Waals surface area contributed by atoms with E-state index in [0.717, 1.165) is 0 Å². The molecule has 19 heavy (non-hydrogen) atoms. The first kappa shape index (κ1) is 15.8. The van der Waals surface area contributed by atoms with Gasteiger partial charge in [-0.2, -0.15) is 11.8 Å². The molecule has 108 valence electrons. The summed E-state index contributed by atoms with van der Waals surface area (Å²) in [6, 6.07) is 0. The number of primary amides is 1. The van der Waals surface area contributed by atoms with Gasteiger partial charge in [-0.25, -0.2) is 0 Å². The second-order valence-electron chi connectivity index (χ2n) is 4.20. The predicted octanol–water partition coefficient (Wildman–Crippen LogP) is -0.703. The number of carboxylic acid groups (broad SMARTS) is 1. The molecule has 3 N–H and O–H groups in total. The minimum absolute atomic E-state index is 0.0457. The van der Waals surface area contributed by atoms with Crippen molar-refractivity contribution in [1.82, 2.24) is 4.90 Å². The van der Waals surface area contributed by atoms with Crippen LogP contribution in [0.25, 0.3) is 0 Å². The van der Waals surface area contributed by atoms with Gasteiger partial charge in [0, 0.05) is 25.3 Å². The lowest BCUT2D eigenvalue weighted by molar-refractivity contribution is -0.147. The molecule has 0 aromatic rings. The van der Waals surface area contributed by atoms with E-state index in [9.17, 15) is 14.4 Å². The lowest BCUT2D eigenvalue weighted by atomic mass is 10.2. The number of hydrogen-bond acceptors (Lipinski definition) is 5. The van der Waals surface area contributed by atoms with Crippen LogP contribution in [0.4, 0.5) is 0 Å². The molecule has 1 saturated heterocycles. The predicted molar refractivity (Wildman–Crippen MR) is 69.7 cm³/mol. The van der Waals surface area contributed by atoms with Crippen LogP contribution in [-0.4, -0.2) is 65.1 Å². The van der Waals surface area contributed by atoms with Crippen LogP contribution in [-0.2, 0) is 19.1 Å². The number of hydrogen-bond donors (Lipinski definition) is 2. The second-order valence-corrected chi connectivity index (χ2v) is 5.30. The first-order valence-corrected chi connectivity index (χ1v) is 7.11. The monoisotopic (exact) mass is 290 g/mol. The Morgan fingerprint density at radius 1 is 1.42 bits per heavy atom. The highest BCUT2D eigenvalue weighted by Gasteiger charge is 2.25. The molecule has 1 aliphatic rings. The summed E-state index contributed by atoms with van der Waals surface area (Å²) in [5, 5.41) is 8.69. The molecule has 1 rings (SSSR count). The lowest BCUT2D eigenvalue weighted by Gasteiger charge is -2.32. The number of thioether (sulfide) groups is 1. The molecule has 0 aromatic carbocycles. The summed E-state index contributed by atoms with van der Waals surface area (Å²) in [6.45, 7) is 1.15. The van der Waals surface area contributed by atoms with E-state index in [-0.39, 0.29) is 18.1 Å². The Bertz CT molecular complexity index is 350. The van der Waals surface area contributed by atoms with Crippen LogP contribution >= 0.6 is 11.8 Å². The fraction of sp³-hybridized carbons (Fsp3) is 0.727. The van der Waals surface area contributed by atoms with E-state index in [1.807, 2.05) is 0 Å². The van der Waals surface area contributed by atoms with Crippen molar-refractivity contribution in [2.24, 2.45) is 5.73 Å². The van der Waals surface area contributed by atoms with Crippen molar-refractivity contribution in [1.29, 1.82) is 0 Å². The molecule has 0 saturated carbocycles. The molecule has 0 bridgehead atoms. The summed E-state index contributed by atoms with van der Waals surface area (Å²) < 4.78 is 5.29. The number of carbonyl (C=O) groups is 3. The zero-order valence-corrected chi connectivity index (χ0v) is 11.4. The van der Waals surface area contributed by atoms with Gasteiger partial charge in [0.1, 0.15) is 0 Å². The number of ether oxygens (including phenoxy) is 1. The third-order valence-electron chi connectivity index (χ3n) is 2.60. The Hall–Kier alpha value is -1.28. The maximum atomic E-state index is 11.9. The van der Waals surface area contributed by atoms with Crippen LogP contribution < -0.4 is 5.73 Å². The maximum absolute atomic E-state index is 11.9. The van der Waals surface area contributed by atoms with Gasteiger partial charge in [-0.1, -0.05) is 0 Å². The summed E-state index contributed by atoms with van der Waals surface area (Å²) >= 11 is 1.32. The highest BCUT2D eigenvalue weighted by Crippen LogP contribution is 2.11. The Labute approximate surface area is 115 Å².